The van der Waals surface area contributed by atoms with Gasteiger partial charge in [0.2, 0.25) is 0 Å². The van der Waals surface area contributed by atoms with Crippen molar-refractivity contribution in [2.75, 3.05) is 62.0 Å². The van der Waals surface area contributed by atoms with Crippen LogP contribution in [0, 0.1) is 55.4 Å². The van der Waals surface area contributed by atoms with Gasteiger partial charge >= 0.3 is 293 Å². The van der Waals surface area contributed by atoms with Crippen LogP contribution in [0.25, 0.3) is 0 Å². The molecule has 0 saturated carbocycles. The number of nitrogens with zero attached hydrogens (tertiary/aromatic N) is 5. The second kappa shape index (κ2) is 122. The van der Waals surface area contributed by atoms with Crippen molar-refractivity contribution in [1.29, 1.82) is 0 Å². The van der Waals surface area contributed by atoms with Gasteiger partial charge in [-0.3, -0.25) is 4.79 Å². The second-order valence-electron chi connectivity index (χ2n) is 13.6. The number of rotatable bonds is 10. The molecule has 4 rings (SSSR count). The van der Waals surface area contributed by atoms with Crippen LogP contribution in [0.2, 0.25) is 0 Å². The molecule has 0 atom stereocenters. The molecular weight excluding hydrogens is 2160 g/mol. The van der Waals surface area contributed by atoms with Gasteiger partial charge in [-0.25, -0.2) is 0 Å². The van der Waals surface area contributed by atoms with E-state index in [0.717, 1.165) is 99.2 Å². The van der Waals surface area contributed by atoms with Crippen LogP contribution in [0.3, 0.4) is 0 Å². The first-order chi connectivity index (χ1) is 42.0. The molecule has 0 fully saturated rings. The Morgan fingerprint density at radius 1 is 0.484 bits per heavy atom. The van der Waals surface area contributed by atoms with E-state index < -0.39 is 0 Å². The first-order valence-corrected chi connectivity index (χ1v) is 34.4. The van der Waals surface area contributed by atoms with Crippen LogP contribution >= 0.6 is 0 Å². The third-order valence-corrected chi connectivity index (χ3v) is 10.7. The van der Waals surface area contributed by atoms with Gasteiger partial charge < -0.3 is 87.7 Å². The third-order valence-electron chi connectivity index (χ3n) is 7.55. The van der Waals surface area contributed by atoms with Crippen LogP contribution in [0.15, 0.2) is 114 Å². The van der Waals surface area contributed by atoms with E-state index in [0.29, 0.717) is 6.61 Å². The van der Waals surface area contributed by atoms with E-state index in [4.69, 9.17) is 36.8 Å². The fourth-order valence-electron chi connectivity index (χ4n) is 3.69. The minimum absolute atomic E-state index is 0. The molecule has 93 heavy (non-hydrogen) atoms. The number of hydrogen-bond acceptors (Lipinski definition) is 13. The molecule has 530 valence electrons. The Labute approximate surface area is 715 Å². The number of carbonyl (C=O) groups is 6. The number of aldehydes is 1. The topological polar surface area (TPSA) is 233 Å². The Hall–Kier alpha value is -0.331. The summed E-state index contributed by atoms with van der Waals surface area (Å²) in [6.07, 6.45) is 20.5. The van der Waals surface area contributed by atoms with Crippen LogP contribution in [0.1, 0.15) is 143 Å². The van der Waals surface area contributed by atoms with E-state index in [2.05, 4.69) is 152 Å². The van der Waals surface area contributed by atoms with E-state index >= 15 is 0 Å². The molecule has 0 bridgehead atoms. The zero-order valence-corrected chi connectivity index (χ0v) is 84.2. The number of carbonyl (C=O) groups excluding carboxylic acids is 6. The maximum atomic E-state index is 9.82. The predicted molar refractivity (Wildman–Crippen MR) is 375 cm³/mol. The van der Waals surface area contributed by atoms with Crippen LogP contribution in [-0.4, -0.2) is 150 Å². The molecule has 4 aliphatic rings. The minimum atomic E-state index is -0.245. The number of amides is 4. The monoisotopic (exact) mass is 2280 g/mol. The Balaban J connectivity index is -0.0000000411. The van der Waals surface area contributed by atoms with Crippen LogP contribution < -0.4 is 21.3 Å². The second-order valence-corrected chi connectivity index (χ2v) is 20.7. The maximum absolute atomic E-state index is 9.82. The number of aliphatic hydroxyl groups excluding tert-OH is 1. The zero-order valence-electron chi connectivity index (χ0n) is 61.1. The fraction of sp³-hybridized carbons (Fsp3) is 0.441. The van der Waals surface area contributed by atoms with E-state index in [1.807, 2.05) is 107 Å². The summed E-state index contributed by atoms with van der Waals surface area (Å²) in [5.41, 5.74) is 8.32. The molecule has 0 aromatic rings. The number of allylic oxidation sites excluding steroid dienone is 12. The Morgan fingerprint density at radius 2 is 0.613 bits per heavy atom. The summed E-state index contributed by atoms with van der Waals surface area (Å²) in [7, 11) is 10.3. The Morgan fingerprint density at radius 3 is 0.656 bits per heavy atom. The third kappa shape index (κ3) is 125. The van der Waals surface area contributed by atoms with Gasteiger partial charge in [0.15, 0.2) is 0 Å². The molecule has 0 aromatic carbocycles. The molecule has 5 N–H and O–H groups in total. The largest absolute Gasteiger partial charge is 0.384 e. The van der Waals surface area contributed by atoms with Crippen LogP contribution in [0.5, 0.6) is 0 Å². The molecule has 0 aromatic heterocycles. The van der Waals surface area contributed by atoms with Crippen molar-refractivity contribution in [2.45, 2.75) is 143 Å². The molecular formula is C68H117N9O8W4Y4-12. The van der Waals surface area contributed by atoms with Crippen molar-refractivity contribution in [3.8, 4) is 0 Å². The summed E-state index contributed by atoms with van der Waals surface area (Å²) < 4.78 is 8.84. The van der Waals surface area contributed by atoms with Crippen molar-refractivity contribution in [3.05, 3.63) is 149 Å². The average Bonchev–Trinajstić information content (AvgIpc) is 2.01. The molecule has 0 spiro atoms. The van der Waals surface area contributed by atoms with E-state index in [-0.39, 0.29) is 167 Å². The molecule has 4 aliphatic carbocycles. The van der Waals surface area contributed by atoms with E-state index in [1.165, 1.54) is 119 Å². The van der Waals surface area contributed by atoms with Crippen molar-refractivity contribution in [3.63, 3.8) is 0 Å². The number of ether oxygens (including phenoxy) is 1. The first-order valence-electron chi connectivity index (χ1n) is 28.6. The van der Waals surface area contributed by atoms with Crippen molar-refractivity contribution in [1.82, 2.24) is 26.2 Å². The summed E-state index contributed by atoms with van der Waals surface area (Å²) >= 11 is 5.49. The fourth-order valence-corrected chi connectivity index (χ4v) is 6.36. The zero-order chi connectivity index (χ0) is 74.1. The molecule has 0 unspecified atom stereocenters. The van der Waals surface area contributed by atoms with Crippen LogP contribution in [-0.2, 0) is 242 Å². The quantitative estimate of drug-likeness (QED) is 0.0605. The van der Waals surface area contributed by atoms with E-state index in [9.17, 15) is 24.0 Å². The number of aliphatic hydroxyl groups is 1. The summed E-state index contributed by atoms with van der Waals surface area (Å²) in [6, 6.07) is 0. The molecule has 4 radical (unpaired) electrons. The molecule has 17 nitrogen and oxygen atoms in total. The number of hydrogen-bond donors (Lipinski definition) is 5. The SMILES string of the molecule is CC.CC.CC.CC.CC.CC.CC=O.CCN(C)C.CCO.CCOC(C)=O.[CH-]=NC1=C([C]([CH2-])=[W])C=CC1.[CH-]=NC1=C([C]([CH2-])=[W])C=CC1.[CH-]=NC1=C([C]([CH2-])=[W])C=CC1.[CH-]=NC1=C([C]([CH2-])=[W])C=CC1.[CH2-]C(=O)NC.[CH2-]C(=O)NC.[CH2-]C(=O)NC.[CH2-]C(=O)NC.[Y].[Y].[Y].[Y]. The predicted octanol–water partition coefficient (Wildman–Crippen LogP) is 11.1. The van der Waals surface area contributed by atoms with Gasteiger partial charge in [-0.15, -0.1) is 0 Å². The standard InChI is InChI=1S/4C8H7N.C4H11N.C4H8O2.4C3H6NO.C2H6O.C2H4O.6C2H6.4W.4Y/c4*1-3-7-5-4-6-8(7)9-2;1-4-5(2)3;1-3-6-4(2)5;4*1-3(5)4-2;2*1-2-3;6*1-2;;;;;;;;/h4*2,4-5H,1,6H2;4H2,1-3H3;3H2,1-2H3;4*1H2,2H3,(H,4,5);3H,2H2,1H3;2H,1H3;6*1-2H3;;;;;;;;/q4*-2;;;4*-1;;;;;;;;;;;;;;;;. The van der Waals surface area contributed by atoms with Gasteiger partial charge in [0.1, 0.15) is 6.29 Å². The number of esters is 1. The van der Waals surface area contributed by atoms with Gasteiger partial charge in [0.25, 0.3) is 0 Å². The number of aliphatic imine (C=N–C) groups is 4. The van der Waals surface area contributed by atoms with Gasteiger partial charge in [0, 0.05) is 173 Å². The summed E-state index contributed by atoms with van der Waals surface area (Å²) in [5.74, 6) is -1.19. The Bertz CT molecular complexity index is 1900. The van der Waals surface area contributed by atoms with Crippen molar-refractivity contribution in [2.24, 2.45) is 20.0 Å². The molecule has 25 heteroatoms. The first kappa shape index (κ1) is 140. The summed E-state index contributed by atoms with van der Waals surface area (Å²) in [6.45, 7) is 82.3. The van der Waals surface area contributed by atoms with Gasteiger partial charge in [-0.2, -0.15) is 0 Å². The van der Waals surface area contributed by atoms with Gasteiger partial charge in [0.05, 0.1) is 30.2 Å². The molecule has 0 heterocycles. The number of nitrogens with one attached hydrogen (secondary N) is 4. The van der Waals surface area contributed by atoms with E-state index in [1.54, 1.807) is 13.8 Å². The molecule has 0 aliphatic heterocycles. The van der Waals surface area contributed by atoms with Gasteiger partial charge in [-0.1, -0.05) is 90.0 Å². The maximum Gasteiger partial charge on any atom is 0.0794 e. The van der Waals surface area contributed by atoms with Gasteiger partial charge in [-0.05, 0) is 41.4 Å². The van der Waals surface area contributed by atoms with Crippen molar-refractivity contribution >= 4 is 78.3 Å². The normalized spacial score (nSPS) is 10.1. The minimum Gasteiger partial charge on any atom is -0.384 e. The average molecular weight is 2280 g/mol. The smallest absolute Gasteiger partial charge is 0.0794 e. The summed E-state index contributed by atoms with van der Waals surface area (Å²) in [4.78, 5) is 73.8. The molecule has 4 amide bonds. The molecule has 0 saturated heterocycles. The van der Waals surface area contributed by atoms with Crippen molar-refractivity contribution < 1.29 is 247 Å². The van der Waals surface area contributed by atoms with Crippen LogP contribution in [0.4, 0.5) is 0 Å². The Kier molecular flexibility index (Phi) is 183. The summed E-state index contributed by atoms with van der Waals surface area (Å²) in [5, 5.41) is 16.7.